The second-order valence-electron chi connectivity index (χ2n) is 5.73. The Hall–Kier alpha value is -2.16. The molecule has 2 nitrogen and oxygen atoms in total. The van der Waals surface area contributed by atoms with Crippen molar-refractivity contribution in [3.05, 3.63) is 65.2 Å². The zero-order valence-corrected chi connectivity index (χ0v) is 11.7. The summed E-state index contributed by atoms with van der Waals surface area (Å²) in [6.07, 6.45) is 1.91. The van der Waals surface area contributed by atoms with Gasteiger partial charge in [0.1, 0.15) is 12.2 Å². The molecule has 2 atom stereocenters. The molecule has 0 bridgehead atoms. The summed E-state index contributed by atoms with van der Waals surface area (Å²) in [6.45, 7) is 2.11. The number of fused-ring (bicyclic) bond motifs is 4. The molecule has 3 aromatic carbocycles. The van der Waals surface area contributed by atoms with Gasteiger partial charge in [-0.05, 0) is 57.3 Å². The Kier molecular flexibility index (Phi) is 2.64. The van der Waals surface area contributed by atoms with Gasteiger partial charge in [-0.2, -0.15) is 0 Å². The van der Waals surface area contributed by atoms with Crippen molar-refractivity contribution < 1.29 is 10.2 Å². The molecule has 0 amide bonds. The number of aryl methyl sites for hydroxylation is 1. The molecule has 1 unspecified atom stereocenters. The van der Waals surface area contributed by atoms with Gasteiger partial charge in [-0.15, -0.1) is 0 Å². The van der Waals surface area contributed by atoms with Gasteiger partial charge >= 0.3 is 0 Å². The number of benzene rings is 3. The first-order valence-electron chi connectivity index (χ1n) is 7.15. The average molecular weight is 276 g/mol. The maximum absolute atomic E-state index is 10.2. The number of hydrogen-bond acceptors (Lipinski definition) is 2. The van der Waals surface area contributed by atoms with Crippen LogP contribution in [-0.4, -0.2) is 16.3 Å². The minimum atomic E-state index is -0.845. The van der Waals surface area contributed by atoms with Gasteiger partial charge in [-0.3, -0.25) is 0 Å². The van der Waals surface area contributed by atoms with E-state index in [0.717, 1.165) is 21.9 Å². The molecule has 0 radical (unpaired) electrons. The quantitative estimate of drug-likeness (QED) is 0.614. The first-order chi connectivity index (χ1) is 10.1. The van der Waals surface area contributed by atoms with E-state index in [2.05, 4.69) is 37.3 Å². The van der Waals surface area contributed by atoms with Gasteiger partial charge in [0.25, 0.3) is 0 Å². The van der Waals surface area contributed by atoms with Crippen LogP contribution in [0.1, 0.15) is 22.8 Å². The summed E-state index contributed by atoms with van der Waals surface area (Å²) in [4.78, 5) is 0. The summed E-state index contributed by atoms with van der Waals surface area (Å²) in [7, 11) is 0. The molecule has 0 aromatic heterocycles. The second kappa shape index (κ2) is 4.42. The van der Waals surface area contributed by atoms with Crippen molar-refractivity contribution in [1.82, 2.24) is 0 Å². The van der Waals surface area contributed by atoms with Crippen LogP contribution < -0.4 is 0 Å². The highest BCUT2D eigenvalue weighted by molar-refractivity contribution is 6.03. The first-order valence-corrected chi connectivity index (χ1v) is 7.15. The van der Waals surface area contributed by atoms with E-state index >= 15 is 0 Å². The third-order valence-electron chi connectivity index (χ3n) is 4.41. The highest BCUT2D eigenvalue weighted by Gasteiger charge is 2.23. The Bertz CT molecular complexity index is 893. The molecule has 21 heavy (non-hydrogen) atoms. The largest absolute Gasteiger partial charge is 0.386 e. The summed E-state index contributed by atoms with van der Waals surface area (Å²) in [5.74, 6) is 0. The molecule has 1 aliphatic carbocycles. The fourth-order valence-corrected chi connectivity index (χ4v) is 3.22. The van der Waals surface area contributed by atoms with E-state index in [1.807, 2.05) is 18.2 Å². The van der Waals surface area contributed by atoms with Gasteiger partial charge in [-0.1, -0.05) is 42.5 Å². The number of hydrogen-bond donors (Lipinski definition) is 2. The van der Waals surface area contributed by atoms with E-state index in [1.165, 1.54) is 16.3 Å². The Labute approximate surface area is 123 Å². The number of rotatable bonds is 0. The maximum atomic E-state index is 10.2. The zero-order chi connectivity index (χ0) is 14.6. The van der Waals surface area contributed by atoms with E-state index in [-0.39, 0.29) is 0 Å². The monoisotopic (exact) mass is 276 g/mol. The van der Waals surface area contributed by atoms with Crippen molar-refractivity contribution in [3.8, 4) is 0 Å². The third kappa shape index (κ3) is 1.80. The summed E-state index contributed by atoms with van der Waals surface area (Å²) < 4.78 is 0. The van der Waals surface area contributed by atoms with Crippen LogP contribution in [0.25, 0.3) is 27.6 Å². The van der Waals surface area contributed by atoms with E-state index in [1.54, 1.807) is 6.08 Å². The van der Waals surface area contributed by atoms with Gasteiger partial charge in [0, 0.05) is 0 Å². The predicted molar refractivity (Wildman–Crippen MR) is 86.2 cm³/mol. The summed E-state index contributed by atoms with van der Waals surface area (Å²) in [6, 6.07) is 14.6. The molecule has 0 saturated heterocycles. The van der Waals surface area contributed by atoms with Crippen molar-refractivity contribution in [3.63, 3.8) is 0 Å². The molecule has 2 N–H and O–H groups in total. The van der Waals surface area contributed by atoms with Crippen molar-refractivity contribution >= 4 is 27.6 Å². The zero-order valence-electron chi connectivity index (χ0n) is 11.7. The van der Waals surface area contributed by atoms with Gasteiger partial charge in [0.15, 0.2) is 0 Å². The van der Waals surface area contributed by atoms with Crippen LogP contribution in [0.4, 0.5) is 0 Å². The molecule has 0 heterocycles. The molecule has 0 aliphatic heterocycles. The number of aliphatic hydroxyl groups is 2. The standard InChI is InChI=1S/C19H16O2/c1-11-3-2-4-12-9-13-5-6-15-14(17(13)10-16(11)12)7-8-18(20)19(15)21/h2-10,18-21H,1H3/t18-,19?/m1/s1. The van der Waals surface area contributed by atoms with Crippen molar-refractivity contribution in [1.29, 1.82) is 0 Å². The lowest BCUT2D eigenvalue weighted by molar-refractivity contribution is 0.0471. The Balaban J connectivity index is 2.11. The predicted octanol–water partition coefficient (Wildman–Crippen LogP) is 3.72. The molecule has 0 spiro atoms. The summed E-state index contributed by atoms with van der Waals surface area (Å²) in [5, 5.41) is 24.7. The molecule has 104 valence electrons. The van der Waals surface area contributed by atoms with Crippen LogP contribution in [0.3, 0.4) is 0 Å². The van der Waals surface area contributed by atoms with Crippen LogP contribution in [0.2, 0.25) is 0 Å². The topological polar surface area (TPSA) is 40.5 Å². The van der Waals surface area contributed by atoms with Crippen molar-refractivity contribution in [2.24, 2.45) is 0 Å². The van der Waals surface area contributed by atoms with Crippen LogP contribution in [-0.2, 0) is 0 Å². The van der Waals surface area contributed by atoms with Crippen LogP contribution >= 0.6 is 0 Å². The van der Waals surface area contributed by atoms with Crippen molar-refractivity contribution in [2.45, 2.75) is 19.1 Å². The fourth-order valence-electron chi connectivity index (χ4n) is 3.22. The number of aliphatic hydroxyl groups excluding tert-OH is 2. The molecule has 0 fully saturated rings. The highest BCUT2D eigenvalue weighted by atomic mass is 16.3. The second-order valence-corrected chi connectivity index (χ2v) is 5.73. The Morgan fingerprint density at radius 1 is 0.905 bits per heavy atom. The lowest BCUT2D eigenvalue weighted by Gasteiger charge is -2.23. The maximum Gasteiger partial charge on any atom is 0.109 e. The SMILES string of the molecule is Cc1cccc2cc3ccc4c(c3cc12)C=C[C@@H](O)C4O. The van der Waals surface area contributed by atoms with Gasteiger partial charge in [-0.25, -0.2) is 0 Å². The van der Waals surface area contributed by atoms with E-state index < -0.39 is 12.2 Å². The van der Waals surface area contributed by atoms with Crippen molar-refractivity contribution in [2.75, 3.05) is 0 Å². The Morgan fingerprint density at radius 3 is 2.57 bits per heavy atom. The van der Waals surface area contributed by atoms with Crippen LogP contribution in [0, 0.1) is 6.92 Å². The molecule has 1 aliphatic rings. The average Bonchev–Trinajstić information content (AvgIpc) is 2.49. The minimum Gasteiger partial charge on any atom is -0.386 e. The lowest BCUT2D eigenvalue weighted by atomic mass is 9.88. The van der Waals surface area contributed by atoms with E-state index in [0.29, 0.717) is 0 Å². The van der Waals surface area contributed by atoms with Gasteiger partial charge in [0.05, 0.1) is 0 Å². The first kappa shape index (κ1) is 12.6. The molecule has 3 aromatic rings. The molecule has 4 rings (SSSR count). The normalized spacial score (nSPS) is 20.9. The van der Waals surface area contributed by atoms with Crippen LogP contribution in [0.5, 0.6) is 0 Å². The smallest absolute Gasteiger partial charge is 0.109 e. The van der Waals surface area contributed by atoms with Gasteiger partial charge in [0.2, 0.25) is 0 Å². The minimum absolute atomic E-state index is 0.797. The highest BCUT2D eigenvalue weighted by Crippen LogP contribution is 2.35. The van der Waals surface area contributed by atoms with E-state index in [9.17, 15) is 10.2 Å². The van der Waals surface area contributed by atoms with Gasteiger partial charge < -0.3 is 10.2 Å². The molecule has 0 saturated carbocycles. The molecular formula is C19H16O2. The molecule has 2 heteroatoms. The lowest BCUT2D eigenvalue weighted by Crippen LogP contribution is -2.19. The molecular weight excluding hydrogens is 260 g/mol. The fraction of sp³-hybridized carbons (Fsp3) is 0.158. The third-order valence-corrected chi connectivity index (χ3v) is 4.41. The Morgan fingerprint density at radius 2 is 1.71 bits per heavy atom. The summed E-state index contributed by atoms with van der Waals surface area (Å²) >= 11 is 0. The summed E-state index contributed by atoms with van der Waals surface area (Å²) in [5.41, 5.74) is 3.05. The van der Waals surface area contributed by atoms with E-state index in [4.69, 9.17) is 0 Å². The van der Waals surface area contributed by atoms with Crippen LogP contribution in [0.15, 0.2) is 48.5 Å².